The van der Waals surface area contributed by atoms with E-state index in [1.807, 2.05) is 13.8 Å². The number of piperidine rings is 1. The molecule has 0 aromatic rings. The Morgan fingerprint density at radius 2 is 1.75 bits per heavy atom. The van der Waals surface area contributed by atoms with Crippen LogP contribution in [0, 0.1) is 0 Å². The molecule has 3 nitrogen and oxygen atoms in total. The lowest BCUT2D eigenvalue weighted by atomic mass is 9.86. The van der Waals surface area contributed by atoms with E-state index in [0.717, 1.165) is 25.9 Å². The molecule has 0 amide bonds. The van der Waals surface area contributed by atoms with Crippen LogP contribution in [0.2, 0.25) is 0 Å². The van der Waals surface area contributed by atoms with Gasteiger partial charge in [0.15, 0.2) is 0 Å². The molecule has 72 valence electrons. The molecular formula is C9H20N2O. The lowest BCUT2D eigenvalue weighted by Crippen LogP contribution is -2.53. The first-order valence-corrected chi connectivity index (χ1v) is 4.66. The number of rotatable bonds is 1. The zero-order valence-electron chi connectivity index (χ0n) is 8.31. The van der Waals surface area contributed by atoms with E-state index in [1.165, 1.54) is 0 Å². The van der Waals surface area contributed by atoms with Crippen LogP contribution in [0.4, 0.5) is 0 Å². The van der Waals surface area contributed by atoms with Crippen molar-refractivity contribution in [3.05, 3.63) is 0 Å². The molecule has 0 aromatic heterocycles. The Bertz CT molecular complexity index is 139. The molecule has 12 heavy (non-hydrogen) atoms. The monoisotopic (exact) mass is 172 g/mol. The van der Waals surface area contributed by atoms with Gasteiger partial charge in [-0.25, -0.2) is 0 Å². The molecule has 0 spiro atoms. The van der Waals surface area contributed by atoms with Crippen LogP contribution in [-0.4, -0.2) is 24.4 Å². The van der Waals surface area contributed by atoms with Crippen molar-refractivity contribution in [3.8, 4) is 0 Å². The van der Waals surface area contributed by atoms with Crippen molar-refractivity contribution in [2.24, 2.45) is 5.73 Å². The Labute approximate surface area is 74.7 Å². The largest absolute Gasteiger partial charge is 0.319 e. The molecular weight excluding hydrogens is 152 g/mol. The van der Waals surface area contributed by atoms with E-state index < -0.39 is 5.54 Å². The highest BCUT2D eigenvalue weighted by Gasteiger charge is 2.31. The lowest BCUT2D eigenvalue weighted by Gasteiger charge is -2.30. The summed E-state index contributed by atoms with van der Waals surface area (Å²) in [4.78, 5) is 11.0. The fourth-order valence-corrected chi connectivity index (χ4v) is 1.22. The van der Waals surface area contributed by atoms with Gasteiger partial charge < -0.3 is 11.1 Å². The molecule has 1 aliphatic rings. The van der Waals surface area contributed by atoms with E-state index in [-0.39, 0.29) is 5.78 Å². The number of hydrogen-bond acceptors (Lipinski definition) is 3. The Balaban J connectivity index is 0.000000561. The van der Waals surface area contributed by atoms with Crippen molar-refractivity contribution in [1.82, 2.24) is 5.32 Å². The third kappa shape index (κ3) is 2.91. The number of ketones is 1. The number of Topliss-reactive ketones (excluding diaryl/α,β-unsaturated/α-hetero) is 1. The molecule has 0 aromatic carbocycles. The van der Waals surface area contributed by atoms with Gasteiger partial charge in [-0.2, -0.15) is 0 Å². The van der Waals surface area contributed by atoms with Gasteiger partial charge >= 0.3 is 0 Å². The second kappa shape index (κ2) is 5.27. The minimum absolute atomic E-state index is 0.119. The average Bonchev–Trinajstić information content (AvgIpc) is 2.09. The summed E-state index contributed by atoms with van der Waals surface area (Å²) in [5.74, 6) is 0.119. The van der Waals surface area contributed by atoms with Gasteiger partial charge in [-0.05, 0) is 32.9 Å². The third-order valence-electron chi connectivity index (χ3n) is 2.20. The van der Waals surface area contributed by atoms with Crippen LogP contribution in [0.5, 0.6) is 0 Å². The minimum atomic E-state index is -0.523. The minimum Gasteiger partial charge on any atom is -0.319 e. The molecule has 0 aliphatic carbocycles. The van der Waals surface area contributed by atoms with E-state index in [4.69, 9.17) is 5.73 Å². The molecule has 0 saturated carbocycles. The Hall–Kier alpha value is -0.410. The van der Waals surface area contributed by atoms with Crippen LogP contribution in [-0.2, 0) is 4.79 Å². The van der Waals surface area contributed by atoms with Gasteiger partial charge in [-0.3, -0.25) is 4.79 Å². The van der Waals surface area contributed by atoms with Crippen LogP contribution in [0.15, 0.2) is 0 Å². The van der Waals surface area contributed by atoms with Gasteiger partial charge in [0, 0.05) is 0 Å². The number of nitrogens with one attached hydrogen (secondary N) is 1. The highest BCUT2D eigenvalue weighted by molar-refractivity contribution is 5.85. The Kier molecular flexibility index (Phi) is 5.09. The van der Waals surface area contributed by atoms with Crippen LogP contribution in [0.3, 0.4) is 0 Å². The van der Waals surface area contributed by atoms with Crippen LogP contribution in [0.25, 0.3) is 0 Å². The first kappa shape index (κ1) is 11.6. The quantitative estimate of drug-likeness (QED) is 0.611. The molecule has 1 fully saturated rings. The summed E-state index contributed by atoms with van der Waals surface area (Å²) >= 11 is 0. The molecule has 0 radical (unpaired) electrons. The smallest absolute Gasteiger partial charge is 0.149 e. The average molecular weight is 172 g/mol. The van der Waals surface area contributed by atoms with Gasteiger partial charge in [0.1, 0.15) is 5.78 Å². The number of carbonyl (C=O) groups is 1. The molecule has 0 bridgehead atoms. The number of nitrogens with two attached hydrogens (primary N) is 1. The highest BCUT2D eigenvalue weighted by Crippen LogP contribution is 2.15. The molecule has 0 unspecified atom stereocenters. The third-order valence-corrected chi connectivity index (χ3v) is 2.20. The van der Waals surface area contributed by atoms with E-state index in [2.05, 4.69) is 5.32 Å². The fourth-order valence-electron chi connectivity index (χ4n) is 1.22. The zero-order chi connectivity index (χ0) is 9.61. The maximum absolute atomic E-state index is 11.0. The van der Waals surface area contributed by atoms with Gasteiger partial charge in [-0.15, -0.1) is 0 Å². The van der Waals surface area contributed by atoms with Crippen molar-refractivity contribution in [3.63, 3.8) is 0 Å². The SMILES string of the molecule is CC.CC(=O)C1(N)CCNCC1. The number of hydrogen-bond donors (Lipinski definition) is 2. The molecule has 1 aliphatic heterocycles. The summed E-state index contributed by atoms with van der Waals surface area (Å²) in [6.45, 7) is 7.32. The normalized spacial score (nSPS) is 20.7. The van der Waals surface area contributed by atoms with Gasteiger partial charge in [0.25, 0.3) is 0 Å². The van der Waals surface area contributed by atoms with Crippen molar-refractivity contribution >= 4 is 5.78 Å². The lowest BCUT2D eigenvalue weighted by molar-refractivity contribution is -0.122. The maximum atomic E-state index is 11.0. The van der Waals surface area contributed by atoms with E-state index in [9.17, 15) is 4.79 Å². The molecule has 0 atom stereocenters. The molecule has 3 heteroatoms. The first-order chi connectivity index (χ1) is 5.65. The first-order valence-electron chi connectivity index (χ1n) is 4.66. The summed E-state index contributed by atoms with van der Waals surface area (Å²) in [6, 6.07) is 0. The van der Waals surface area contributed by atoms with Crippen molar-refractivity contribution in [2.45, 2.75) is 39.2 Å². The summed E-state index contributed by atoms with van der Waals surface area (Å²) < 4.78 is 0. The van der Waals surface area contributed by atoms with Crippen LogP contribution in [0.1, 0.15) is 33.6 Å². The Morgan fingerprint density at radius 3 is 2.00 bits per heavy atom. The van der Waals surface area contributed by atoms with Crippen LogP contribution < -0.4 is 11.1 Å². The molecule has 1 rings (SSSR count). The summed E-state index contributed by atoms with van der Waals surface area (Å²) in [7, 11) is 0. The second-order valence-electron chi connectivity index (χ2n) is 2.96. The predicted octanol–water partition coefficient (Wildman–Crippen LogP) is 0.682. The van der Waals surface area contributed by atoms with Crippen LogP contribution >= 0.6 is 0 Å². The van der Waals surface area contributed by atoms with Gasteiger partial charge in [0.05, 0.1) is 5.54 Å². The molecule has 1 heterocycles. The van der Waals surface area contributed by atoms with Crippen molar-refractivity contribution in [2.75, 3.05) is 13.1 Å². The molecule has 3 N–H and O–H groups in total. The maximum Gasteiger partial charge on any atom is 0.149 e. The summed E-state index contributed by atoms with van der Waals surface area (Å²) in [5.41, 5.74) is 5.29. The Morgan fingerprint density at radius 1 is 1.33 bits per heavy atom. The van der Waals surface area contributed by atoms with E-state index in [0.29, 0.717) is 0 Å². The fraction of sp³-hybridized carbons (Fsp3) is 0.889. The topological polar surface area (TPSA) is 55.1 Å². The van der Waals surface area contributed by atoms with Crippen molar-refractivity contribution < 1.29 is 4.79 Å². The van der Waals surface area contributed by atoms with Gasteiger partial charge in [0.2, 0.25) is 0 Å². The second-order valence-corrected chi connectivity index (χ2v) is 2.96. The van der Waals surface area contributed by atoms with Crippen molar-refractivity contribution in [1.29, 1.82) is 0 Å². The summed E-state index contributed by atoms with van der Waals surface area (Å²) in [5, 5.41) is 3.16. The standard InChI is InChI=1S/C7H14N2O.C2H6/c1-6(10)7(8)2-4-9-5-3-7;1-2/h9H,2-5,8H2,1H3;1-2H3. The van der Waals surface area contributed by atoms with E-state index >= 15 is 0 Å². The molecule has 1 saturated heterocycles. The van der Waals surface area contributed by atoms with Gasteiger partial charge in [-0.1, -0.05) is 13.8 Å². The number of carbonyl (C=O) groups excluding carboxylic acids is 1. The zero-order valence-corrected chi connectivity index (χ0v) is 8.31. The predicted molar refractivity (Wildman–Crippen MR) is 51.1 cm³/mol. The summed E-state index contributed by atoms with van der Waals surface area (Å²) in [6.07, 6.45) is 1.56. The van der Waals surface area contributed by atoms with E-state index in [1.54, 1.807) is 6.92 Å². The highest BCUT2D eigenvalue weighted by atomic mass is 16.1.